The molecule has 0 aliphatic heterocycles. The van der Waals surface area contributed by atoms with Crippen molar-refractivity contribution in [3.8, 4) is 0 Å². The van der Waals surface area contributed by atoms with Crippen molar-refractivity contribution in [3.05, 3.63) is 23.5 Å². The molecule has 84 valence electrons. The van der Waals surface area contributed by atoms with Crippen LogP contribution in [0.2, 0.25) is 0 Å². The molecule has 0 unspecified atom stereocenters. The standard InChI is InChI=1S/C8H10ClNO4S/c1-10-4-6(5-15(9,12)13)3-7(10)8(11)14-2/h3-4H,5H2,1-2H3. The van der Waals surface area contributed by atoms with Crippen LogP contribution in [0.25, 0.3) is 0 Å². The van der Waals surface area contributed by atoms with Crippen LogP contribution in [0.4, 0.5) is 0 Å². The first-order chi connectivity index (χ1) is 6.83. The monoisotopic (exact) mass is 251 g/mol. The molecule has 0 aliphatic carbocycles. The lowest BCUT2D eigenvalue weighted by molar-refractivity contribution is 0.0590. The Morgan fingerprint density at radius 1 is 1.60 bits per heavy atom. The first kappa shape index (κ1) is 12.1. The van der Waals surface area contributed by atoms with E-state index in [0.717, 1.165) is 0 Å². The summed E-state index contributed by atoms with van der Waals surface area (Å²) >= 11 is 0. The van der Waals surface area contributed by atoms with E-state index in [1.165, 1.54) is 23.9 Å². The van der Waals surface area contributed by atoms with Gasteiger partial charge in [0.25, 0.3) is 0 Å². The van der Waals surface area contributed by atoms with Crippen LogP contribution in [0.15, 0.2) is 12.3 Å². The summed E-state index contributed by atoms with van der Waals surface area (Å²) in [6, 6.07) is 1.44. The Morgan fingerprint density at radius 2 is 2.20 bits per heavy atom. The van der Waals surface area contributed by atoms with Gasteiger partial charge in [-0.25, -0.2) is 13.2 Å². The summed E-state index contributed by atoms with van der Waals surface area (Å²) in [6.07, 6.45) is 1.52. The normalized spacial score (nSPS) is 11.4. The number of carbonyl (C=O) groups is 1. The van der Waals surface area contributed by atoms with Gasteiger partial charge < -0.3 is 9.30 Å². The van der Waals surface area contributed by atoms with Crippen molar-refractivity contribution in [2.75, 3.05) is 7.11 Å². The number of nitrogens with zero attached hydrogens (tertiary/aromatic N) is 1. The smallest absolute Gasteiger partial charge is 0.354 e. The van der Waals surface area contributed by atoms with Gasteiger partial charge in [0.05, 0.1) is 12.9 Å². The second kappa shape index (κ2) is 4.24. The van der Waals surface area contributed by atoms with E-state index < -0.39 is 15.0 Å². The highest BCUT2D eigenvalue weighted by molar-refractivity contribution is 8.13. The molecule has 0 bridgehead atoms. The highest BCUT2D eigenvalue weighted by atomic mass is 35.7. The minimum absolute atomic E-state index is 0.285. The highest BCUT2D eigenvalue weighted by Gasteiger charge is 2.15. The van der Waals surface area contributed by atoms with Gasteiger partial charge in [0, 0.05) is 23.9 Å². The lowest BCUT2D eigenvalue weighted by Crippen LogP contribution is -2.06. The van der Waals surface area contributed by atoms with Crippen LogP contribution in [0.5, 0.6) is 0 Å². The zero-order valence-electron chi connectivity index (χ0n) is 8.23. The molecule has 1 rings (SSSR count). The Labute approximate surface area is 92.0 Å². The summed E-state index contributed by atoms with van der Waals surface area (Å²) < 4.78 is 27.6. The van der Waals surface area contributed by atoms with E-state index in [1.807, 2.05) is 0 Å². The quantitative estimate of drug-likeness (QED) is 0.591. The van der Waals surface area contributed by atoms with Crippen LogP contribution in [0, 0.1) is 0 Å². The average Bonchev–Trinajstić information content (AvgIpc) is 2.42. The molecule has 0 amide bonds. The van der Waals surface area contributed by atoms with E-state index in [4.69, 9.17) is 10.7 Å². The number of aromatic nitrogens is 1. The van der Waals surface area contributed by atoms with E-state index in [2.05, 4.69) is 4.74 Å². The lowest BCUT2D eigenvalue weighted by Gasteiger charge is -1.98. The third-order valence-electron chi connectivity index (χ3n) is 1.80. The molecule has 0 atom stereocenters. The molecule has 5 nitrogen and oxygen atoms in total. The van der Waals surface area contributed by atoms with Gasteiger partial charge in [0.2, 0.25) is 9.05 Å². The Bertz CT molecular complexity index is 477. The second-order valence-electron chi connectivity index (χ2n) is 3.02. The predicted molar refractivity (Wildman–Crippen MR) is 55.2 cm³/mol. The summed E-state index contributed by atoms with van der Waals surface area (Å²) in [5, 5.41) is 0. The number of hydrogen-bond donors (Lipinski definition) is 0. The molecule has 0 aliphatic rings. The topological polar surface area (TPSA) is 65.4 Å². The molecular weight excluding hydrogens is 242 g/mol. The Hall–Kier alpha value is -1.01. The number of carbonyl (C=O) groups excluding carboxylic acids is 1. The molecule has 0 radical (unpaired) electrons. The summed E-state index contributed by atoms with van der Waals surface area (Å²) in [5.41, 5.74) is 0.737. The maximum atomic E-state index is 11.2. The number of rotatable bonds is 3. The van der Waals surface area contributed by atoms with Crippen LogP contribution in [-0.2, 0) is 26.6 Å². The third-order valence-corrected chi connectivity index (χ3v) is 2.80. The Morgan fingerprint density at radius 3 is 2.67 bits per heavy atom. The van der Waals surface area contributed by atoms with Crippen molar-refractivity contribution >= 4 is 25.7 Å². The minimum atomic E-state index is -3.61. The van der Waals surface area contributed by atoms with Crippen LogP contribution >= 0.6 is 10.7 Å². The first-order valence-electron chi connectivity index (χ1n) is 3.99. The fraction of sp³-hybridized carbons (Fsp3) is 0.375. The van der Waals surface area contributed by atoms with E-state index in [0.29, 0.717) is 5.56 Å². The van der Waals surface area contributed by atoms with Crippen LogP contribution in [0.1, 0.15) is 16.1 Å². The summed E-state index contributed by atoms with van der Waals surface area (Å²) in [6.45, 7) is 0. The second-order valence-corrected chi connectivity index (χ2v) is 5.80. The van der Waals surface area contributed by atoms with Crippen LogP contribution in [-0.4, -0.2) is 26.1 Å². The van der Waals surface area contributed by atoms with E-state index in [9.17, 15) is 13.2 Å². The molecule has 1 heterocycles. The van der Waals surface area contributed by atoms with E-state index >= 15 is 0 Å². The van der Waals surface area contributed by atoms with E-state index in [-0.39, 0.29) is 11.4 Å². The molecule has 1 aromatic heterocycles. The Kier molecular flexibility index (Phi) is 3.41. The Balaban J connectivity index is 3.01. The number of halogens is 1. The predicted octanol–water partition coefficient (Wildman–Crippen LogP) is 0.880. The van der Waals surface area contributed by atoms with E-state index in [1.54, 1.807) is 7.05 Å². The molecule has 0 saturated carbocycles. The van der Waals surface area contributed by atoms with Crippen molar-refractivity contribution in [1.29, 1.82) is 0 Å². The number of methoxy groups -OCH3 is 1. The van der Waals surface area contributed by atoms with Gasteiger partial charge in [-0.2, -0.15) is 0 Å². The molecule has 0 aromatic carbocycles. The maximum Gasteiger partial charge on any atom is 0.354 e. The zero-order valence-corrected chi connectivity index (χ0v) is 9.80. The van der Waals surface area contributed by atoms with Gasteiger partial charge in [-0.3, -0.25) is 0 Å². The van der Waals surface area contributed by atoms with Gasteiger partial charge in [0.1, 0.15) is 5.69 Å². The van der Waals surface area contributed by atoms with Crippen molar-refractivity contribution in [1.82, 2.24) is 4.57 Å². The molecular formula is C8H10ClNO4S. The van der Waals surface area contributed by atoms with Crippen molar-refractivity contribution in [2.45, 2.75) is 5.75 Å². The molecule has 15 heavy (non-hydrogen) atoms. The zero-order chi connectivity index (χ0) is 11.6. The fourth-order valence-electron chi connectivity index (χ4n) is 1.22. The lowest BCUT2D eigenvalue weighted by atomic mass is 10.3. The van der Waals surface area contributed by atoms with Crippen LogP contribution in [0.3, 0.4) is 0 Å². The summed E-state index contributed by atoms with van der Waals surface area (Å²) in [4.78, 5) is 11.2. The molecule has 0 N–H and O–H groups in total. The van der Waals surface area contributed by atoms with Gasteiger partial charge in [0.15, 0.2) is 0 Å². The molecule has 7 heteroatoms. The number of ether oxygens (including phenoxy) is 1. The molecule has 0 spiro atoms. The van der Waals surface area contributed by atoms with Crippen molar-refractivity contribution in [3.63, 3.8) is 0 Å². The fourth-order valence-corrected chi connectivity index (χ4v) is 2.15. The van der Waals surface area contributed by atoms with Gasteiger partial charge in [-0.05, 0) is 11.6 Å². The van der Waals surface area contributed by atoms with Crippen molar-refractivity contribution in [2.24, 2.45) is 7.05 Å². The average molecular weight is 252 g/mol. The maximum absolute atomic E-state index is 11.2. The highest BCUT2D eigenvalue weighted by Crippen LogP contribution is 2.13. The van der Waals surface area contributed by atoms with Gasteiger partial charge in [-0.15, -0.1) is 0 Å². The number of esters is 1. The molecule has 0 saturated heterocycles. The van der Waals surface area contributed by atoms with Gasteiger partial charge >= 0.3 is 5.97 Å². The first-order valence-corrected chi connectivity index (χ1v) is 6.47. The third kappa shape index (κ3) is 3.24. The largest absolute Gasteiger partial charge is 0.464 e. The molecule has 0 fully saturated rings. The minimum Gasteiger partial charge on any atom is -0.464 e. The van der Waals surface area contributed by atoms with Crippen molar-refractivity contribution < 1.29 is 17.9 Å². The number of aryl methyl sites for hydroxylation is 1. The SMILES string of the molecule is COC(=O)c1cc(CS(=O)(=O)Cl)cn1C. The summed E-state index contributed by atoms with van der Waals surface area (Å²) in [7, 11) is 4.36. The number of hydrogen-bond acceptors (Lipinski definition) is 4. The van der Waals surface area contributed by atoms with Crippen LogP contribution < -0.4 is 0 Å². The molecule has 1 aromatic rings. The summed E-state index contributed by atoms with van der Waals surface area (Å²) in [5.74, 6) is -0.824. The van der Waals surface area contributed by atoms with Gasteiger partial charge in [-0.1, -0.05) is 0 Å².